The number of nitrogens with zero attached hydrogens (tertiary/aromatic N) is 3. The molecule has 9 heteroatoms. The van der Waals surface area contributed by atoms with Crippen LogP contribution in [-0.4, -0.2) is 80.9 Å². The Kier molecular flexibility index (Phi) is 9.97. The summed E-state index contributed by atoms with van der Waals surface area (Å²) >= 11 is 8.32. The highest BCUT2D eigenvalue weighted by Crippen LogP contribution is 2.67. The van der Waals surface area contributed by atoms with E-state index in [1.807, 2.05) is 39.8 Å². The van der Waals surface area contributed by atoms with E-state index in [1.165, 1.54) is 0 Å². The quantitative estimate of drug-likeness (QED) is 0.319. The van der Waals surface area contributed by atoms with E-state index in [0.29, 0.717) is 30.2 Å². The third-order valence-electron chi connectivity index (χ3n) is 9.29. The topological polar surface area (TPSA) is 81.2 Å². The molecule has 0 aromatic heterocycles. The van der Waals surface area contributed by atoms with E-state index in [4.69, 9.17) is 11.6 Å². The fourth-order valence-corrected chi connectivity index (χ4v) is 9.80. The number of likely N-dealkylation sites (tertiary alicyclic amines) is 1. The number of para-hydroxylation sites is 1. The molecular formula is C32H44ClN3O4S. The Balaban J connectivity index is 1.86. The first-order valence-corrected chi connectivity index (χ1v) is 16.1. The summed E-state index contributed by atoms with van der Waals surface area (Å²) in [6.07, 6.45) is 6.34. The number of fused-ring (bicyclic) bond motifs is 1. The molecule has 1 spiro atoms. The molecule has 3 aliphatic heterocycles. The zero-order valence-corrected chi connectivity index (χ0v) is 26.3. The van der Waals surface area contributed by atoms with Gasteiger partial charge in [-0.1, -0.05) is 63.1 Å². The van der Waals surface area contributed by atoms with Gasteiger partial charge in [0, 0.05) is 24.9 Å². The van der Waals surface area contributed by atoms with Crippen LogP contribution in [0, 0.1) is 24.7 Å². The predicted octanol–water partition coefficient (Wildman–Crippen LogP) is 5.09. The molecule has 1 aromatic carbocycles. The van der Waals surface area contributed by atoms with Gasteiger partial charge in [0.2, 0.25) is 11.8 Å². The SMILES string of the molecule is C=CCN(CCC)C(=O)[C@@H]1[C@H]2C(=O)N([C@@H](CO)[C@@H](C)CC)C(C(=O)N(CC=C)c3c(C)cccc3Cl)C23CC[C@H]1S3. The van der Waals surface area contributed by atoms with Crippen LogP contribution >= 0.6 is 23.4 Å². The molecule has 224 valence electrons. The maximum Gasteiger partial charge on any atom is 0.251 e. The molecule has 0 aliphatic carbocycles. The van der Waals surface area contributed by atoms with Crippen molar-refractivity contribution < 1.29 is 19.5 Å². The lowest BCUT2D eigenvalue weighted by Crippen LogP contribution is -2.59. The average molecular weight is 602 g/mol. The van der Waals surface area contributed by atoms with Crippen LogP contribution in [-0.2, 0) is 14.4 Å². The Hall–Kier alpha value is -2.29. The molecule has 0 saturated carbocycles. The van der Waals surface area contributed by atoms with Gasteiger partial charge in [0.1, 0.15) is 6.04 Å². The standard InChI is InChI=1S/C32H44ClN3O4S/c1-7-16-34(17-8-2)29(38)25-24-14-15-32(41-24)26(25)30(39)36(23(19-37)20(5)10-4)28(32)31(40)35(18-9-3)27-21(6)12-11-13-22(27)33/h7,9,11-13,20,23-26,28,37H,1,3,8,10,14-19H2,2,4-6H3/t20-,23-,24+,25-,26-,28?,32?/m0/s1. The van der Waals surface area contributed by atoms with Crippen LogP contribution in [0.2, 0.25) is 5.02 Å². The van der Waals surface area contributed by atoms with E-state index < -0.39 is 28.7 Å². The van der Waals surface area contributed by atoms with E-state index >= 15 is 0 Å². The zero-order chi connectivity index (χ0) is 30.1. The number of amides is 3. The Morgan fingerprint density at radius 2 is 1.95 bits per heavy atom. The zero-order valence-electron chi connectivity index (χ0n) is 24.7. The van der Waals surface area contributed by atoms with Crippen LogP contribution < -0.4 is 4.90 Å². The Morgan fingerprint density at radius 3 is 2.54 bits per heavy atom. The van der Waals surface area contributed by atoms with Crippen molar-refractivity contribution >= 4 is 46.8 Å². The van der Waals surface area contributed by atoms with Gasteiger partial charge in [-0.25, -0.2) is 0 Å². The molecule has 41 heavy (non-hydrogen) atoms. The van der Waals surface area contributed by atoms with E-state index in [9.17, 15) is 19.5 Å². The van der Waals surface area contributed by atoms with Crippen molar-refractivity contribution in [1.82, 2.24) is 9.80 Å². The van der Waals surface area contributed by atoms with Crippen LogP contribution in [0.5, 0.6) is 0 Å². The second-order valence-electron chi connectivity index (χ2n) is 11.7. The highest BCUT2D eigenvalue weighted by molar-refractivity contribution is 8.02. The summed E-state index contributed by atoms with van der Waals surface area (Å²) in [5, 5.41) is 11.0. The number of hydrogen-bond acceptors (Lipinski definition) is 5. The first-order valence-electron chi connectivity index (χ1n) is 14.8. The smallest absolute Gasteiger partial charge is 0.251 e. The summed E-state index contributed by atoms with van der Waals surface area (Å²) in [6.45, 7) is 16.7. The van der Waals surface area contributed by atoms with Gasteiger partial charge in [0.15, 0.2) is 0 Å². The number of aryl methyl sites for hydroxylation is 1. The molecule has 0 radical (unpaired) electrons. The molecule has 3 saturated heterocycles. The van der Waals surface area contributed by atoms with E-state index in [2.05, 4.69) is 13.2 Å². The fraction of sp³-hybridized carbons (Fsp3) is 0.594. The second-order valence-corrected chi connectivity index (χ2v) is 13.7. The number of halogens is 1. The molecular weight excluding hydrogens is 558 g/mol. The molecule has 3 fully saturated rings. The van der Waals surface area contributed by atoms with Crippen LogP contribution in [0.1, 0.15) is 52.0 Å². The fourth-order valence-electron chi connectivity index (χ4n) is 7.28. The number of thioether (sulfide) groups is 1. The average Bonchev–Trinajstić information content (AvgIpc) is 3.59. The summed E-state index contributed by atoms with van der Waals surface area (Å²) < 4.78 is -0.763. The second kappa shape index (κ2) is 12.9. The maximum absolute atomic E-state index is 14.9. The minimum Gasteiger partial charge on any atom is -0.394 e. The minimum absolute atomic E-state index is 0.0359. The molecule has 3 aliphatic rings. The van der Waals surface area contributed by atoms with Gasteiger partial charge in [0.25, 0.3) is 5.91 Å². The summed E-state index contributed by atoms with van der Waals surface area (Å²) in [5.41, 5.74) is 1.44. The minimum atomic E-state index is -0.839. The summed E-state index contributed by atoms with van der Waals surface area (Å²) in [7, 11) is 0. The van der Waals surface area contributed by atoms with Crippen molar-refractivity contribution in [3.05, 3.63) is 54.1 Å². The number of anilines is 1. The molecule has 4 rings (SSSR count). The molecule has 2 bridgehead atoms. The normalized spacial score (nSPS) is 27.9. The van der Waals surface area contributed by atoms with Crippen LogP contribution in [0.15, 0.2) is 43.5 Å². The molecule has 1 N–H and O–H groups in total. The van der Waals surface area contributed by atoms with E-state index in [0.717, 1.165) is 24.8 Å². The number of benzene rings is 1. The van der Waals surface area contributed by atoms with Crippen molar-refractivity contribution in [2.24, 2.45) is 17.8 Å². The first-order chi connectivity index (χ1) is 19.6. The largest absolute Gasteiger partial charge is 0.394 e. The Labute approximate surface area is 254 Å². The lowest BCUT2D eigenvalue weighted by molar-refractivity contribution is -0.146. The lowest BCUT2D eigenvalue weighted by Gasteiger charge is -2.41. The van der Waals surface area contributed by atoms with E-state index in [1.54, 1.807) is 44.7 Å². The van der Waals surface area contributed by atoms with Crippen molar-refractivity contribution in [2.45, 2.75) is 75.5 Å². The van der Waals surface area contributed by atoms with Gasteiger partial charge in [-0.15, -0.1) is 24.9 Å². The number of rotatable bonds is 13. The number of aliphatic hydroxyl groups is 1. The molecule has 3 heterocycles. The number of hydrogen-bond donors (Lipinski definition) is 1. The molecule has 7 atom stereocenters. The van der Waals surface area contributed by atoms with Crippen LogP contribution in [0.4, 0.5) is 5.69 Å². The Morgan fingerprint density at radius 1 is 1.24 bits per heavy atom. The predicted molar refractivity (Wildman–Crippen MR) is 167 cm³/mol. The molecule has 3 amide bonds. The number of aliphatic hydroxyl groups excluding tert-OH is 1. The summed E-state index contributed by atoms with van der Waals surface area (Å²) in [4.78, 5) is 48.7. The van der Waals surface area contributed by atoms with Gasteiger partial charge in [-0.2, -0.15) is 0 Å². The Bertz CT molecular complexity index is 1170. The number of carbonyl (C=O) groups excluding carboxylic acids is 3. The van der Waals surface area contributed by atoms with Crippen molar-refractivity contribution in [2.75, 3.05) is 31.1 Å². The molecule has 1 aromatic rings. The van der Waals surface area contributed by atoms with Gasteiger partial charge in [0.05, 0.1) is 39.9 Å². The van der Waals surface area contributed by atoms with Crippen molar-refractivity contribution in [3.63, 3.8) is 0 Å². The van der Waals surface area contributed by atoms with Crippen LogP contribution in [0.3, 0.4) is 0 Å². The van der Waals surface area contributed by atoms with Gasteiger partial charge >= 0.3 is 0 Å². The first kappa shape index (κ1) is 31.6. The van der Waals surface area contributed by atoms with Gasteiger partial charge in [-0.3, -0.25) is 14.4 Å². The highest BCUT2D eigenvalue weighted by atomic mass is 35.5. The third-order valence-corrected chi connectivity index (χ3v) is 11.5. The van der Waals surface area contributed by atoms with Crippen LogP contribution in [0.25, 0.3) is 0 Å². The highest BCUT2D eigenvalue weighted by Gasteiger charge is 2.74. The molecule has 7 nitrogen and oxygen atoms in total. The van der Waals surface area contributed by atoms with Crippen molar-refractivity contribution in [1.29, 1.82) is 0 Å². The van der Waals surface area contributed by atoms with Crippen molar-refractivity contribution in [3.8, 4) is 0 Å². The van der Waals surface area contributed by atoms with Gasteiger partial charge in [-0.05, 0) is 43.7 Å². The van der Waals surface area contributed by atoms with Gasteiger partial charge < -0.3 is 19.8 Å². The number of carbonyl (C=O) groups is 3. The third kappa shape index (κ3) is 5.25. The monoisotopic (exact) mass is 601 g/mol. The van der Waals surface area contributed by atoms with E-state index in [-0.39, 0.29) is 42.0 Å². The maximum atomic E-state index is 14.9. The lowest BCUT2D eigenvalue weighted by atomic mass is 9.70. The summed E-state index contributed by atoms with van der Waals surface area (Å²) in [6, 6.07) is 4.13. The molecule has 2 unspecified atom stereocenters. The summed E-state index contributed by atoms with van der Waals surface area (Å²) in [5.74, 6) is -1.66.